The molecule has 0 aromatic carbocycles. The van der Waals surface area contributed by atoms with E-state index in [1.54, 1.807) is 0 Å². The monoisotopic (exact) mass is 182 g/mol. The highest BCUT2D eigenvalue weighted by Crippen LogP contribution is 2.39. The Balaban J connectivity index is 2.05. The maximum Gasteiger partial charge on any atom is 0.0949 e. The van der Waals surface area contributed by atoms with Gasteiger partial charge in [-0.3, -0.25) is 0 Å². The minimum absolute atomic E-state index is 0.00431. The minimum Gasteiger partial charge on any atom is -0.372 e. The molecule has 13 heavy (non-hydrogen) atoms. The van der Waals surface area contributed by atoms with Crippen LogP contribution in [-0.4, -0.2) is 24.4 Å². The molecule has 1 unspecified atom stereocenters. The number of hydrogen-bond donors (Lipinski definition) is 0. The van der Waals surface area contributed by atoms with Crippen LogP contribution >= 0.6 is 0 Å². The van der Waals surface area contributed by atoms with Crippen molar-refractivity contribution in [3.8, 4) is 0 Å². The van der Waals surface area contributed by atoms with Crippen LogP contribution in [-0.2, 0) is 9.47 Å². The number of rotatable bonds is 0. The molecule has 2 nitrogen and oxygen atoms in total. The van der Waals surface area contributed by atoms with Gasteiger partial charge in [0.25, 0.3) is 0 Å². The van der Waals surface area contributed by atoms with Crippen LogP contribution in [0.2, 0.25) is 0 Å². The zero-order chi connectivity index (χ0) is 9.36. The summed E-state index contributed by atoms with van der Waals surface area (Å²) < 4.78 is 11.6. The molecular formula is C11H18O2. The van der Waals surface area contributed by atoms with Gasteiger partial charge in [0, 0.05) is 6.42 Å². The van der Waals surface area contributed by atoms with Gasteiger partial charge in [0.05, 0.1) is 24.4 Å². The Bertz CT molecular complexity index is 208. The maximum absolute atomic E-state index is 5.88. The molecule has 1 fully saturated rings. The van der Waals surface area contributed by atoms with Crippen LogP contribution < -0.4 is 0 Å². The fourth-order valence-electron chi connectivity index (χ4n) is 2.29. The van der Waals surface area contributed by atoms with Crippen LogP contribution in [0, 0.1) is 0 Å². The predicted molar refractivity (Wildman–Crippen MR) is 51.7 cm³/mol. The van der Waals surface area contributed by atoms with Crippen LogP contribution in [0.5, 0.6) is 0 Å². The summed E-state index contributed by atoms with van der Waals surface area (Å²) in [6, 6.07) is 0. The van der Waals surface area contributed by atoms with E-state index in [-0.39, 0.29) is 11.2 Å². The van der Waals surface area contributed by atoms with Gasteiger partial charge in [0.15, 0.2) is 0 Å². The van der Waals surface area contributed by atoms with Crippen LogP contribution in [0.25, 0.3) is 0 Å². The molecule has 2 aliphatic rings. The van der Waals surface area contributed by atoms with Crippen molar-refractivity contribution < 1.29 is 9.47 Å². The molecule has 2 aliphatic heterocycles. The average Bonchev–Trinajstić information content (AvgIpc) is 2.26. The predicted octanol–water partition coefficient (Wildman–Crippen LogP) is 2.29. The summed E-state index contributed by atoms with van der Waals surface area (Å²) in [6.45, 7) is 5.80. The molecule has 1 spiro atoms. The summed E-state index contributed by atoms with van der Waals surface area (Å²) in [7, 11) is 0. The summed E-state index contributed by atoms with van der Waals surface area (Å²) in [6.07, 6.45) is 7.58. The molecule has 0 aromatic rings. The molecule has 0 amide bonds. The average molecular weight is 182 g/mol. The van der Waals surface area contributed by atoms with Gasteiger partial charge >= 0.3 is 0 Å². The normalized spacial score (nSPS) is 38.0. The minimum atomic E-state index is 0.00431. The third-order valence-corrected chi connectivity index (χ3v) is 2.89. The lowest BCUT2D eigenvalue weighted by atomic mass is 9.90. The lowest BCUT2D eigenvalue weighted by Gasteiger charge is -2.26. The maximum atomic E-state index is 5.88. The van der Waals surface area contributed by atoms with Crippen molar-refractivity contribution in [1.82, 2.24) is 0 Å². The van der Waals surface area contributed by atoms with Gasteiger partial charge in [-0.15, -0.1) is 0 Å². The molecule has 74 valence electrons. The zero-order valence-corrected chi connectivity index (χ0v) is 8.51. The highest BCUT2D eigenvalue weighted by molar-refractivity contribution is 4.99. The van der Waals surface area contributed by atoms with E-state index in [2.05, 4.69) is 26.0 Å². The van der Waals surface area contributed by atoms with Crippen LogP contribution in [0.4, 0.5) is 0 Å². The van der Waals surface area contributed by atoms with Crippen molar-refractivity contribution in [2.75, 3.05) is 13.2 Å². The Hall–Kier alpha value is -0.340. The smallest absolute Gasteiger partial charge is 0.0949 e. The van der Waals surface area contributed by atoms with Crippen molar-refractivity contribution in [3.63, 3.8) is 0 Å². The summed E-state index contributed by atoms with van der Waals surface area (Å²) >= 11 is 0. The Morgan fingerprint density at radius 1 is 1.15 bits per heavy atom. The Labute approximate surface area is 79.9 Å². The second-order valence-corrected chi connectivity index (χ2v) is 4.73. The van der Waals surface area contributed by atoms with Gasteiger partial charge in [-0.2, -0.15) is 0 Å². The first-order valence-corrected chi connectivity index (χ1v) is 5.05. The quantitative estimate of drug-likeness (QED) is 0.535. The van der Waals surface area contributed by atoms with E-state index in [0.29, 0.717) is 0 Å². The molecule has 0 N–H and O–H groups in total. The molecule has 2 heterocycles. The van der Waals surface area contributed by atoms with E-state index in [9.17, 15) is 0 Å². The molecule has 0 saturated carbocycles. The molecule has 1 atom stereocenters. The lowest BCUT2D eigenvalue weighted by Crippen LogP contribution is -2.33. The highest BCUT2D eigenvalue weighted by atomic mass is 16.6. The molecule has 2 heteroatoms. The molecule has 2 rings (SSSR count). The standard InChI is InChI=1S/C11H18O2/c1-10(2)8-11(9-13-10)6-4-3-5-7-12-11/h3,5H,4,6-9H2,1-2H3. The van der Waals surface area contributed by atoms with Crippen molar-refractivity contribution in [2.45, 2.75) is 44.3 Å². The van der Waals surface area contributed by atoms with Gasteiger partial charge in [-0.05, 0) is 26.7 Å². The van der Waals surface area contributed by atoms with Gasteiger partial charge in [0.2, 0.25) is 0 Å². The molecular weight excluding hydrogens is 164 g/mol. The van der Waals surface area contributed by atoms with Crippen LogP contribution in [0.3, 0.4) is 0 Å². The first-order chi connectivity index (χ1) is 6.12. The summed E-state index contributed by atoms with van der Waals surface area (Å²) in [5.41, 5.74) is 0.0112. The number of hydrogen-bond acceptors (Lipinski definition) is 2. The third kappa shape index (κ3) is 1.94. The highest BCUT2D eigenvalue weighted by Gasteiger charge is 2.44. The molecule has 0 aliphatic carbocycles. The molecule has 0 aromatic heterocycles. The second-order valence-electron chi connectivity index (χ2n) is 4.73. The van der Waals surface area contributed by atoms with E-state index in [0.717, 1.165) is 32.5 Å². The van der Waals surface area contributed by atoms with Gasteiger partial charge in [-0.25, -0.2) is 0 Å². The van der Waals surface area contributed by atoms with Crippen molar-refractivity contribution in [1.29, 1.82) is 0 Å². The zero-order valence-electron chi connectivity index (χ0n) is 8.51. The first kappa shape index (κ1) is 9.22. The van der Waals surface area contributed by atoms with Crippen LogP contribution in [0.15, 0.2) is 12.2 Å². The van der Waals surface area contributed by atoms with Crippen LogP contribution in [0.1, 0.15) is 33.1 Å². The Kier molecular flexibility index (Phi) is 2.20. The largest absolute Gasteiger partial charge is 0.372 e. The lowest BCUT2D eigenvalue weighted by molar-refractivity contribution is -0.0410. The van der Waals surface area contributed by atoms with E-state index in [1.165, 1.54) is 0 Å². The number of ether oxygens (including phenoxy) is 2. The van der Waals surface area contributed by atoms with Crippen molar-refractivity contribution in [2.24, 2.45) is 0 Å². The van der Waals surface area contributed by atoms with E-state index in [1.807, 2.05) is 0 Å². The van der Waals surface area contributed by atoms with Gasteiger partial charge in [-0.1, -0.05) is 12.2 Å². The van der Waals surface area contributed by atoms with Gasteiger partial charge in [0.1, 0.15) is 0 Å². The second kappa shape index (κ2) is 3.10. The Morgan fingerprint density at radius 3 is 2.69 bits per heavy atom. The summed E-state index contributed by atoms with van der Waals surface area (Å²) in [5.74, 6) is 0. The van der Waals surface area contributed by atoms with Crippen molar-refractivity contribution >= 4 is 0 Å². The number of allylic oxidation sites excluding steroid dienone is 1. The molecule has 0 bridgehead atoms. The first-order valence-electron chi connectivity index (χ1n) is 5.05. The molecule has 1 saturated heterocycles. The fourth-order valence-corrected chi connectivity index (χ4v) is 2.29. The summed E-state index contributed by atoms with van der Waals surface area (Å²) in [5, 5.41) is 0. The fraction of sp³-hybridized carbons (Fsp3) is 0.818. The van der Waals surface area contributed by atoms with E-state index < -0.39 is 0 Å². The SMILES string of the molecule is CC1(C)CC2(CCC=CCO2)CO1. The summed E-state index contributed by atoms with van der Waals surface area (Å²) in [4.78, 5) is 0. The Morgan fingerprint density at radius 2 is 2.00 bits per heavy atom. The topological polar surface area (TPSA) is 18.5 Å². The van der Waals surface area contributed by atoms with E-state index in [4.69, 9.17) is 9.47 Å². The van der Waals surface area contributed by atoms with Crippen molar-refractivity contribution in [3.05, 3.63) is 12.2 Å². The van der Waals surface area contributed by atoms with Gasteiger partial charge < -0.3 is 9.47 Å². The van der Waals surface area contributed by atoms with E-state index >= 15 is 0 Å². The molecule has 0 radical (unpaired) electrons. The third-order valence-electron chi connectivity index (χ3n) is 2.89.